The van der Waals surface area contributed by atoms with Gasteiger partial charge in [-0.15, -0.1) is 13.2 Å². The van der Waals surface area contributed by atoms with E-state index < -0.39 is 11.2 Å². The molecule has 0 spiro atoms. The number of hydrogen-bond acceptors (Lipinski definition) is 2. The molecule has 0 aromatic carbocycles. The maximum Gasteiger partial charge on any atom is 0.0655 e. The molecule has 0 fully saturated rings. The van der Waals surface area contributed by atoms with Crippen molar-refractivity contribution in [3.05, 3.63) is 25.3 Å². The first-order chi connectivity index (χ1) is 6.33. The van der Waals surface area contributed by atoms with Crippen molar-refractivity contribution in [2.75, 3.05) is 0 Å². The number of aliphatic hydroxyl groups is 2. The third kappa shape index (κ3) is 5.95. The molecule has 0 aromatic heterocycles. The van der Waals surface area contributed by atoms with Crippen LogP contribution in [0.2, 0.25) is 0 Å². The lowest BCUT2D eigenvalue weighted by Gasteiger charge is -2.28. The van der Waals surface area contributed by atoms with E-state index in [1.54, 1.807) is 26.0 Å². The summed E-state index contributed by atoms with van der Waals surface area (Å²) < 4.78 is 0. The van der Waals surface area contributed by atoms with Gasteiger partial charge in [0.1, 0.15) is 0 Å². The van der Waals surface area contributed by atoms with Crippen LogP contribution in [0.25, 0.3) is 0 Å². The molecule has 0 bridgehead atoms. The van der Waals surface area contributed by atoms with Crippen molar-refractivity contribution in [3.8, 4) is 0 Å². The quantitative estimate of drug-likeness (QED) is 0.617. The van der Waals surface area contributed by atoms with Gasteiger partial charge < -0.3 is 10.2 Å². The highest BCUT2D eigenvalue weighted by atomic mass is 16.3. The second kappa shape index (κ2) is 5.32. The molecule has 0 radical (unpaired) electrons. The Morgan fingerprint density at radius 3 is 1.43 bits per heavy atom. The Morgan fingerprint density at radius 1 is 0.929 bits per heavy atom. The summed E-state index contributed by atoms with van der Waals surface area (Å²) in [5.74, 6) is 0. The van der Waals surface area contributed by atoms with Crippen LogP contribution in [0, 0.1) is 0 Å². The van der Waals surface area contributed by atoms with Gasteiger partial charge in [0.25, 0.3) is 0 Å². The summed E-state index contributed by atoms with van der Waals surface area (Å²) in [6.45, 7) is 10.7. The minimum absolute atomic E-state index is 0.553. The molecule has 0 heterocycles. The first kappa shape index (κ1) is 13.4. The second-order valence-corrected chi connectivity index (χ2v) is 4.48. The monoisotopic (exact) mass is 198 g/mol. The van der Waals surface area contributed by atoms with Gasteiger partial charge in [0.15, 0.2) is 0 Å². The SMILES string of the molecule is C=CCC(C)(O)CCC(C)(O)CC=C. The van der Waals surface area contributed by atoms with Gasteiger partial charge in [0.05, 0.1) is 11.2 Å². The van der Waals surface area contributed by atoms with E-state index in [0.717, 1.165) is 0 Å². The van der Waals surface area contributed by atoms with E-state index in [-0.39, 0.29) is 0 Å². The van der Waals surface area contributed by atoms with E-state index in [1.165, 1.54) is 0 Å². The van der Waals surface area contributed by atoms with Crippen LogP contribution in [0.15, 0.2) is 25.3 Å². The molecule has 2 atom stereocenters. The molecule has 2 unspecified atom stereocenters. The zero-order chi connectivity index (χ0) is 11.2. The van der Waals surface area contributed by atoms with Crippen LogP contribution in [0.1, 0.15) is 39.5 Å². The molecule has 0 amide bonds. The zero-order valence-electron chi connectivity index (χ0n) is 9.29. The van der Waals surface area contributed by atoms with Gasteiger partial charge in [-0.3, -0.25) is 0 Å². The summed E-state index contributed by atoms with van der Waals surface area (Å²) >= 11 is 0. The molecule has 0 aliphatic rings. The molecule has 2 N–H and O–H groups in total. The molecule has 0 saturated carbocycles. The first-order valence-electron chi connectivity index (χ1n) is 4.99. The van der Waals surface area contributed by atoms with Crippen LogP contribution in [0.3, 0.4) is 0 Å². The van der Waals surface area contributed by atoms with Crippen LogP contribution < -0.4 is 0 Å². The summed E-state index contributed by atoms with van der Waals surface area (Å²) in [6.07, 6.45) is 5.64. The zero-order valence-corrected chi connectivity index (χ0v) is 9.29. The van der Waals surface area contributed by atoms with Crippen LogP contribution in [0.4, 0.5) is 0 Å². The van der Waals surface area contributed by atoms with Crippen molar-refractivity contribution in [1.29, 1.82) is 0 Å². The molecular formula is C12H22O2. The largest absolute Gasteiger partial charge is 0.390 e. The number of rotatable bonds is 7. The van der Waals surface area contributed by atoms with Gasteiger partial charge in [-0.25, -0.2) is 0 Å². The highest BCUT2D eigenvalue weighted by Gasteiger charge is 2.25. The summed E-state index contributed by atoms with van der Waals surface area (Å²) in [5, 5.41) is 19.7. The lowest BCUT2D eigenvalue weighted by Crippen LogP contribution is -2.30. The summed E-state index contributed by atoms with van der Waals surface area (Å²) in [5.41, 5.74) is -1.51. The Balaban J connectivity index is 4.02. The predicted molar refractivity (Wildman–Crippen MR) is 60.1 cm³/mol. The number of hydrogen-bond donors (Lipinski definition) is 2. The minimum atomic E-state index is -0.757. The molecule has 0 rings (SSSR count). The Hall–Kier alpha value is -0.600. The lowest BCUT2D eigenvalue weighted by molar-refractivity contribution is 0.000530. The summed E-state index contributed by atoms with van der Waals surface area (Å²) in [4.78, 5) is 0. The Morgan fingerprint density at radius 2 is 1.21 bits per heavy atom. The molecule has 0 aromatic rings. The Bertz CT molecular complexity index is 170. The van der Waals surface area contributed by atoms with Gasteiger partial charge in [0, 0.05) is 0 Å². The predicted octanol–water partition coefficient (Wildman–Crippen LogP) is 2.42. The lowest BCUT2D eigenvalue weighted by atomic mass is 9.88. The molecule has 2 nitrogen and oxygen atoms in total. The molecule has 14 heavy (non-hydrogen) atoms. The first-order valence-corrected chi connectivity index (χ1v) is 4.99. The third-order valence-electron chi connectivity index (χ3n) is 2.37. The van der Waals surface area contributed by atoms with E-state index in [0.29, 0.717) is 25.7 Å². The Labute approximate surface area is 87.0 Å². The normalized spacial score (nSPS) is 19.4. The fourth-order valence-electron chi connectivity index (χ4n) is 1.36. The maximum atomic E-state index is 9.84. The van der Waals surface area contributed by atoms with Crippen LogP contribution in [-0.2, 0) is 0 Å². The van der Waals surface area contributed by atoms with E-state index in [2.05, 4.69) is 13.2 Å². The highest BCUT2D eigenvalue weighted by molar-refractivity contribution is 4.88. The highest BCUT2D eigenvalue weighted by Crippen LogP contribution is 2.24. The van der Waals surface area contributed by atoms with Crippen LogP contribution >= 0.6 is 0 Å². The third-order valence-corrected chi connectivity index (χ3v) is 2.37. The topological polar surface area (TPSA) is 40.5 Å². The average molecular weight is 198 g/mol. The smallest absolute Gasteiger partial charge is 0.0655 e. The van der Waals surface area contributed by atoms with E-state index in [1.807, 2.05) is 0 Å². The summed E-state index contributed by atoms with van der Waals surface area (Å²) in [7, 11) is 0. The van der Waals surface area contributed by atoms with Gasteiger partial charge >= 0.3 is 0 Å². The standard InChI is InChI=1S/C12H22O2/c1-5-7-11(3,13)9-10-12(4,14)8-6-2/h5-6,13-14H,1-2,7-10H2,3-4H3. The van der Waals surface area contributed by atoms with Crippen LogP contribution in [-0.4, -0.2) is 21.4 Å². The molecule has 82 valence electrons. The fraction of sp³-hybridized carbons (Fsp3) is 0.667. The summed E-state index contributed by atoms with van der Waals surface area (Å²) in [6, 6.07) is 0. The van der Waals surface area contributed by atoms with Crippen molar-refractivity contribution in [2.45, 2.75) is 50.7 Å². The van der Waals surface area contributed by atoms with Crippen molar-refractivity contribution < 1.29 is 10.2 Å². The van der Waals surface area contributed by atoms with Crippen molar-refractivity contribution in [3.63, 3.8) is 0 Å². The van der Waals surface area contributed by atoms with E-state index in [4.69, 9.17) is 0 Å². The van der Waals surface area contributed by atoms with E-state index >= 15 is 0 Å². The van der Waals surface area contributed by atoms with Crippen molar-refractivity contribution in [2.24, 2.45) is 0 Å². The maximum absolute atomic E-state index is 9.84. The molecule has 0 aliphatic carbocycles. The minimum Gasteiger partial charge on any atom is -0.390 e. The average Bonchev–Trinajstić information content (AvgIpc) is 2.01. The van der Waals surface area contributed by atoms with Gasteiger partial charge in [0.2, 0.25) is 0 Å². The van der Waals surface area contributed by atoms with Gasteiger partial charge in [-0.05, 0) is 39.5 Å². The molecule has 0 aliphatic heterocycles. The van der Waals surface area contributed by atoms with Gasteiger partial charge in [-0.1, -0.05) is 12.2 Å². The van der Waals surface area contributed by atoms with Crippen molar-refractivity contribution in [1.82, 2.24) is 0 Å². The fourth-order valence-corrected chi connectivity index (χ4v) is 1.36. The van der Waals surface area contributed by atoms with Crippen LogP contribution in [0.5, 0.6) is 0 Å². The van der Waals surface area contributed by atoms with Gasteiger partial charge in [-0.2, -0.15) is 0 Å². The van der Waals surface area contributed by atoms with Crippen molar-refractivity contribution >= 4 is 0 Å². The van der Waals surface area contributed by atoms with E-state index in [9.17, 15) is 10.2 Å². The molecule has 2 heteroatoms. The Kier molecular flexibility index (Phi) is 5.09. The molecular weight excluding hydrogens is 176 g/mol. The molecule has 0 saturated heterocycles. The second-order valence-electron chi connectivity index (χ2n) is 4.48.